The minimum Gasteiger partial charge on any atom is -0.255 e. The van der Waals surface area contributed by atoms with Crippen LogP contribution < -0.4 is 0 Å². The zero-order chi connectivity index (χ0) is 16.8. The third-order valence-corrected chi connectivity index (χ3v) is 3.47. The molecule has 3 rings (SSSR count). The molecule has 1 heterocycles. The van der Waals surface area contributed by atoms with Gasteiger partial charge < -0.3 is 0 Å². The molecule has 2 aromatic carbocycles. The van der Waals surface area contributed by atoms with Gasteiger partial charge in [0.1, 0.15) is 11.4 Å². The predicted octanol–water partition coefficient (Wildman–Crippen LogP) is 4.59. The zero-order valence-electron chi connectivity index (χ0n) is 13.7. The van der Waals surface area contributed by atoms with Gasteiger partial charge in [0.05, 0.1) is 23.8 Å². The SMILES string of the molecule is Cc1ccc(N=Cc2ccc(C=Nc3ccc(C)cc3)nn2)cc1. The van der Waals surface area contributed by atoms with Crippen molar-refractivity contribution in [2.24, 2.45) is 9.98 Å². The second-order valence-electron chi connectivity index (χ2n) is 5.57. The lowest BCUT2D eigenvalue weighted by Crippen LogP contribution is -1.95. The molecule has 3 aromatic rings. The second-order valence-corrected chi connectivity index (χ2v) is 5.57. The first-order chi connectivity index (χ1) is 11.7. The molecule has 0 aliphatic heterocycles. The maximum atomic E-state index is 4.39. The summed E-state index contributed by atoms with van der Waals surface area (Å²) in [6.07, 6.45) is 3.41. The summed E-state index contributed by atoms with van der Waals surface area (Å²) in [5.74, 6) is 0. The largest absolute Gasteiger partial charge is 0.255 e. The Morgan fingerprint density at radius 2 is 0.958 bits per heavy atom. The average molecular weight is 314 g/mol. The van der Waals surface area contributed by atoms with Gasteiger partial charge in [-0.15, -0.1) is 10.2 Å². The number of hydrogen-bond acceptors (Lipinski definition) is 4. The summed E-state index contributed by atoms with van der Waals surface area (Å²) in [5.41, 5.74) is 5.64. The van der Waals surface area contributed by atoms with Crippen molar-refractivity contribution >= 4 is 23.8 Å². The molecule has 24 heavy (non-hydrogen) atoms. The molecule has 1 aromatic heterocycles. The van der Waals surface area contributed by atoms with Crippen molar-refractivity contribution < 1.29 is 0 Å². The third-order valence-electron chi connectivity index (χ3n) is 3.47. The van der Waals surface area contributed by atoms with Gasteiger partial charge in [-0.1, -0.05) is 35.4 Å². The van der Waals surface area contributed by atoms with E-state index in [0.29, 0.717) is 11.4 Å². The van der Waals surface area contributed by atoms with E-state index >= 15 is 0 Å². The molecule has 118 valence electrons. The first-order valence-corrected chi connectivity index (χ1v) is 7.74. The average Bonchev–Trinajstić information content (AvgIpc) is 2.62. The highest BCUT2D eigenvalue weighted by atomic mass is 15.1. The number of nitrogens with zero attached hydrogens (tertiary/aromatic N) is 4. The van der Waals surface area contributed by atoms with Crippen molar-refractivity contribution in [3.05, 3.63) is 83.2 Å². The van der Waals surface area contributed by atoms with Crippen LogP contribution in [0.5, 0.6) is 0 Å². The summed E-state index contributed by atoms with van der Waals surface area (Å²) in [7, 11) is 0. The van der Waals surface area contributed by atoms with Crippen molar-refractivity contribution in [2.75, 3.05) is 0 Å². The smallest absolute Gasteiger partial charge is 0.104 e. The highest BCUT2D eigenvalue weighted by molar-refractivity contribution is 5.82. The van der Waals surface area contributed by atoms with E-state index in [1.54, 1.807) is 12.4 Å². The quantitative estimate of drug-likeness (QED) is 0.661. The molecule has 0 atom stereocenters. The molecular formula is C20H18N4. The van der Waals surface area contributed by atoms with Crippen LogP contribution in [0.25, 0.3) is 0 Å². The normalized spacial score (nSPS) is 11.4. The molecule has 0 unspecified atom stereocenters. The molecular weight excluding hydrogens is 296 g/mol. The summed E-state index contributed by atoms with van der Waals surface area (Å²) < 4.78 is 0. The lowest BCUT2D eigenvalue weighted by Gasteiger charge is -1.96. The van der Waals surface area contributed by atoms with Crippen molar-refractivity contribution in [1.29, 1.82) is 0 Å². The minimum absolute atomic E-state index is 0.711. The number of rotatable bonds is 4. The van der Waals surface area contributed by atoms with E-state index in [1.165, 1.54) is 11.1 Å². The molecule has 0 spiro atoms. The van der Waals surface area contributed by atoms with E-state index in [2.05, 4.69) is 34.0 Å². The third kappa shape index (κ3) is 4.43. The van der Waals surface area contributed by atoms with Crippen molar-refractivity contribution in [3.63, 3.8) is 0 Å². The van der Waals surface area contributed by atoms with Crippen LogP contribution in [0.1, 0.15) is 22.5 Å². The highest BCUT2D eigenvalue weighted by Crippen LogP contribution is 2.13. The van der Waals surface area contributed by atoms with Gasteiger partial charge in [0.2, 0.25) is 0 Å². The van der Waals surface area contributed by atoms with Gasteiger partial charge in [-0.25, -0.2) is 0 Å². The van der Waals surface area contributed by atoms with Gasteiger partial charge in [0, 0.05) is 0 Å². The molecule has 0 saturated heterocycles. The van der Waals surface area contributed by atoms with Crippen molar-refractivity contribution in [2.45, 2.75) is 13.8 Å². The molecule has 0 aliphatic carbocycles. The lowest BCUT2D eigenvalue weighted by molar-refractivity contribution is 1.01. The van der Waals surface area contributed by atoms with E-state index in [0.717, 1.165) is 11.4 Å². The van der Waals surface area contributed by atoms with E-state index in [4.69, 9.17) is 0 Å². The Labute approximate surface area is 141 Å². The van der Waals surface area contributed by atoms with E-state index < -0.39 is 0 Å². The summed E-state index contributed by atoms with van der Waals surface area (Å²) in [6, 6.07) is 19.8. The van der Waals surface area contributed by atoms with Gasteiger partial charge in [0.15, 0.2) is 0 Å². The van der Waals surface area contributed by atoms with Gasteiger partial charge >= 0.3 is 0 Å². The Bertz CT molecular complexity index is 771. The summed E-state index contributed by atoms with van der Waals surface area (Å²) in [6.45, 7) is 4.10. The lowest BCUT2D eigenvalue weighted by atomic mass is 10.2. The predicted molar refractivity (Wildman–Crippen MR) is 98.9 cm³/mol. The van der Waals surface area contributed by atoms with Crippen molar-refractivity contribution in [1.82, 2.24) is 10.2 Å². The zero-order valence-corrected chi connectivity index (χ0v) is 13.7. The van der Waals surface area contributed by atoms with Crippen LogP contribution in [0.2, 0.25) is 0 Å². The standard InChI is InChI=1S/C20H18N4/c1-15-3-7-17(8-4-15)21-13-19-11-12-20(24-23-19)14-22-18-9-5-16(2)6-10-18/h3-14H,1-2H3. The monoisotopic (exact) mass is 314 g/mol. The van der Waals surface area contributed by atoms with Crippen molar-refractivity contribution in [3.8, 4) is 0 Å². The van der Waals surface area contributed by atoms with Gasteiger partial charge in [-0.05, 0) is 50.2 Å². The van der Waals surface area contributed by atoms with Crippen LogP contribution in [0, 0.1) is 13.8 Å². The minimum atomic E-state index is 0.711. The highest BCUT2D eigenvalue weighted by Gasteiger charge is 1.95. The molecule has 0 aliphatic rings. The Balaban J connectivity index is 1.66. The molecule has 0 N–H and O–H groups in total. The molecule has 0 radical (unpaired) electrons. The van der Waals surface area contributed by atoms with Crippen LogP contribution in [-0.4, -0.2) is 22.6 Å². The Morgan fingerprint density at radius 3 is 1.29 bits per heavy atom. The fourth-order valence-electron chi connectivity index (χ4n) is 2.03. The number of aliphatic imine (C=N–C) groups is 2. The van der Waals surface area contributed by atoms with Crippen LogP contribution in [0.15, 0.2) is 70.6 Å². The Hall–Kier alpha value is -3.14. The van der Waals surface area contributed by atoms with Gasteiger partial charge in [-0.2, -0.15) is 0 Å². The van der Waals surface area contributed by atoms with E-state index in [1.807, 2.05) is 60.7 Å². The molecule has 0 amide bonds. The van der Waals surface area contributed by atoms with Crippen LogP contribution in [-0.2, 0) is 0 Å². The molecule has 0 saturated carbocycles. The topological polar surface area (TPSA) is 50.5 Å². The van der Waals surface area contributed by atoms with Crippen LogP contribution >= 0.6 is 0 Å². The van der Waals surface area contributed by atoms with Gasteiger partial charge in [-0.3, -0.25) is 9.98 Å². The van der Waals surface area contributed by atoms with E-state index in [9.17, 15) is 0 Å². The summed E-state index contributed by atoms with van der Waals surface area (Å²) >= 11 is 0. The maximum Gasteiger partial charge on any atom is 0.104 e. The molecule has 0 fully saturated rings. The molecule has 0 bridgehead atoms. The fraction of sp³-hybridized carbons (Fsp3) is 0.100. The molecule has 4 heteroatoms. The summed E-state index contributed by atoms with van der Waals surface area (Å²) in [4.78, 5) is 8.78. The number of benzene rings is 2. The number of aromatic nitrogens is 2. The van der Waals surface area contributed by atoms with Crippen LogP contribution in [0.3, 0.4) is 0 Å². The first kappa shape index (κ1) is 15.7. The first-order valence-electron chi connectivity index (χ1n) is 7.74. The Morgan fingerprint density at radius 1 is 0.583 bits per heavy atom. The second kappa shape index (κ2) is 7.42. The van der Waals surface area contributed by atoms with E-state index in [-0.39, 0.29) is 0 Å². The Kier molecular flexibility index (Phi) is 4.87. The molecule has 4 nitrogen and oxygen atoms in total. The fourth-order valence-corrected chi connectivity index (χ4v) is 2.03. The number of aryl methyl sites for hydroxylation is 2. The summed E-state index contributed by atoms with van der Waals surface area (Å²) in [5, 5.41) is 8.29. The van der Waals surface area contributed by atoms with Crippen LogP contribution in [0.4, 0.5) is 11.4 Å². The van der Waals surface area contributed by atoms with Gasteiger partial charge in [0.25, 0.3) is 0 Å². The number of hydrogen-bond donors (Lipinski definition) is 0. The maximum absolute atomic E-state index is 4.39.